The Morgan fingerprint density at radius 3 is 2.85 bits per heavy atom. The number of aromatic nitrogens is 2. The summed E-state index contributed by atoms with van der Waals surface area (Å²) in [6, 6.07) is 10.7. The molecule has 20 heavy (non-hydrogen) atoms. The van der Waals surface area contributed by atoms with Crippen LogP contribution in [0.4, 0.5) is 11.8 Å². The summed E-state index contributed by atoms with van der Waals surface area (Å²) in [5.41, 5.74) is 8.65. The summed E-state index contributed by atoms with van der Waals surface area (Å²) in [6.45, 7) is 1.86. The number of benzene rings is 1. The van der Waals surface area contributed by atoms with Gasteiger partial charge in [0.25, 0.3) is 0 Å². The van der Waals surface area contributed by atoms with E-state index in [0.717, 1.165) is 35.5 Å². The molecule has 0 radical (unpaired) electrons. The number of anilines is 2. The van der Waals surface area contributed by atoms with Gasteiger partial charge in [0.1, 0.15) is 10.6 Å². The first-order valence-corrected chi connectivity index (χ1v) is 7.52. The van der Waals surface area contributed by atoms with Crippen molar-refractivity contribution in [3.63, 3.8) is 0 Å². The van der Waals surface area contributed by atoms with E-state index in [-0.39, 0.29) is 0 Å². The highest BCUT2D eigenvalue weighted by molar-refractivity contribution is 7.16. The molecule has 2 N–H and O–H groups in total. The second kappa shape index (κ2) is 4.45. The van der Waals surface area contributed by atoms with Crippen molar-refractivity contribution in [2.75, 3.05) is 17.2 Å². The van der Waals surface area contributed by atoms with E-state index >= 15 is 0 Å². The number of rotatable bonds is 1. The molecule has 1 aliphatic heterocycles. The lowest BCUT2D eigenvalue weighted by molar-refractivity contribution is 0.724. The van der Waals surface area contributed by atoms with Gasteiger partial charge in [-0.2, -0.15) is 4.98 Å². The van der Waals surface area contributed by atoms with E-state index in [1.807, 2.05) is 5.38 Å². The van der Waals surface area contributed by atoms with Crippen LogP contribution in [0.1, 0.15) is 11.1 Å². The molecule has 0 spiro atoms. The molecule has 1 aromatic carbocycles. The van der Waals surface area contributed by atoms with Crippen LogP contribution in [0, 0.1) is 0 Å². The van der Waals surface area contributed by atoms with E-state index in [1.54, 1.807) is 11.3 Å². The fourth-order valence-corrected chi connectivity index (χ4v) is 3.54. The molecule has 0 atom stereocenters. The minimum absolute atomic E-state index is 0.355. The fourth-order valence-electron chi connectivity index (χ4n) is 2.77. The molecule has 0 saturated heterocycles. The van der Waals surface area contributed by atoms with Gasteiger partial charge in [-0.15, -0.1) is 11.3 Å². The molecule has 2 aromatic heterocycles. The van der Waals surface area contributed by atoms with E-state index in [9.17, 15) is 0 Å². The van der Waals surface area contributed by atoms with E-state index in [2.05, 4.69) is 45.2 Å². The third-order valence-electron chi connectivity index (χ3n) is 3.75. The topological polar surface area (TPSA) is 55.0 Å². The summed E-state index contributed by atoms with van der Waals surface area (Å²) >= 11 is 1.61. The second-order valence-electron chi connectivity index (χ2n) is 4.99. The van der Waals surface area contributed by atoms with Crippen LogP contribution in [0.15, 0.2) is 35.7 Å². The van der Waals surface area contributed by atoms with Crippen molar-refractivity contribution in [2.24, 2.45) is 0 Å². The number of hydrogen-bond donors (Lipinski definition) is 1. The quantitative estimate of drug-likeness (QED) is 0.745. The summed E-state index contributed by atoms with van der Waals surface area (Å²) in [5.74, 6) is 1.32. The van der Waals surface area contributed by atoms with Crippen LogP contribution in [-0.2, 0) is 13.0 Å². The van der Waals surface area contributed by atoms with Gasteiger partial charge in [-0.1, -0.05) is 24.3 Å². The first kappa shape index (κ1) is 11.7. The molecule has 0 saturated carbocycles. The highest BCUT2D eigenvalue weighted by Gasteiger charge is 2.20. The van der Waals surface area contributed by atoms with E-state index in [1.165, 1.54) is 11.1 Å². The Labute approximate surface area is 120 Å². The molecule has 100 valence electrons. The summed E-state index contributed by atoms with van der Waals surface area (Å²) in [6.07, 6.45) is 1.05. The van der Waals surface area contributed by atoms with Crippen LogP contribution < -0.4 is 10.6 Å². The fraction of sp³-hybridized carbons (Fsp3) is 0.200. The normalized spacial score (nSPS) is 14.5. The lowest BCUT2D eigenvalue weighted by Gasteiger charge is -2.30. The number of thiophene rings is 1. The van der Waals surface area contributed by atoms with Crippen molar-refractivity contribution in [2.45, 2.75) is 13.0 Å². The predicted molar refractivity (Wildman–Crippen MR) is 83.0 cm³/mol. The number of nitrogens with two attached hydrogens (primary N) is 1. The van der Waals surface area contributed by atoms with Crippen molar-refractivity contribution < 1.29 is 0 Å². The van der Waals surface area contributed by atoms with E-state index in [4.69, 9.17) is 5.73 Å². The minimum atomic E-state index is 0.355. The predicted octanol–water partition coefficient (Wildman–Crippen LogP) is 2.84. The van der Waals surface area contributed by atoms with Crippen molar-refractivity contribution in [1.29, 1.82) is 0 Å². The first-order chi connectivity index (χ1) is 9.81. The molecule has 0 bridgehead atoms. The molecule has 0 aliphatic carbocycles. The Morgan fingerprint density at radius 2 is 1.95 bits per heavy atom. The van der Waals surface area contributed by atoms with Gasteiger partial charge in [0.15, 0.2) is 0 Å². The van der Waals surface area contributed by atoms with Gasteiger partial charge in [-0.25, -0.2) is 4.98 Å². The first-order valence-electron chi connectivity index (χ1n) is 6.64. The number of nitrogens with zero attached hydrogens (tertiary/aromatic N) is 3. The van der Waals surface area contributed by atoms with Gasteiger partial charge in [-0.3, -0.25) is 0 Å². The molecule has 5 heteroatoms. The zero-order valence-corrected chi connectivity index (χ0v) is 11.7. The third-order valence-corrected chi connectivity index (χ3v) is 4.56. The molecular weight excluding hydrogens is 268 g/mol. The number of hydrogen-bond acceptors (Lipinski definition) is 5. The van der Waals surface area contributed by atoms with Crippen LogP contribution in [-0.4, -0.2) is 16.5 Å². The largest absolute Gasteiger partial charge is 0.368 e. The van der Waals surface area contributed by atoms with Gasteiger partial charge >= 0.3 is 0 Å². The molecule has 1 aliphatic rings. The lowest BCUT2D eigenvalue weighted by Crippen LogP contribution is -2.31. The summed E-state index contributed by atoms with van der Waals surface area (Å²) in [5, 5.41) is 3.14. The summed E-state index contributed by atoms with van der Waals surface area (Å²) in [4.78, 5) is 12.0. The molecule has 0 unspecified atom stereocenters. The smallest absolute Gasteiger partial charge is 0.223 e. The Hall–Kier alpha value is -2.14. The summed E-state index contributed by atoms with van der Waals surface area (Å²) in [7, 11) is 0. The average molecular weight is 282 g/mol. The van der Waals surface area contributed by atoms with Crippen LogP contribution >= 0.6 is 11.3 Å². The zero-order chi connectivity index (χ0) is 13.5. The maximum Gasteiger partial charge on any atom is 0.223 e. The van der Waals surface area contributed by atoms with Gasteiger partial charge < -0.3 is 10.6 Å². The molecule has 4 nitrogen and oxygen atoms in total. The summed E-state index contributed by atoms with van der Waals surface area (Å²) < 4.78 is 0. The van der Waals surface area contributed by atoms with Crippen LogP contribution in [0.5, 0.6) is 0 Å². The Balaban J connectivity index is 1.79. The molecular formula is C15H14N4S. The number of fused-ring (bicyclic) bond motifs is 2. The van der Waals surface area contributed by atoms with Gasteiger partial charge in [0, 0.05) is 13.1 Å². The molecule has 0 fully saturated rings. The molecule has 4 rings (SSSR count). The van der Waals surface area contributed by atoms with Gasteiger partial charge in [0.2, 0.25) is 5.95 Å². The van der Waals surface area contributed by atoms with Crippen LogP contribution in [0.2, 0.25) is 0 Å². The third kappa shape index (κ3) is 1.82. The Kier molecular flexibility index (Phi) is 2.60. The van der Waals surface area contributed by atoms with Crippen LogP contribution in [0.3, 0.4) is 0 Å². The number of nitrogen functional groups attached to an aromatic ring is 1. The monoisotopic (exact) mass is 282 g/mol. The lowest BCUT2D eigenvalue weighted by atomic mass is 10.00. The standard InChI is InChI=1S/C15H14N4S/c16-15-17-13(12-6-8-20-14(12)18-15)19-7-5-10-3-1-2-4-11(10)9-19/h1-4,6,8H,5,7,9H2,(H2,16,17,18). The second-order valence-corrected chi connectivity index (χ2v) is 5.88. The van der Waals surface area contributed by atoms with Crippen molar-refractivity contribution in [3.8, 4) is 0 Å². The van der Waals surface area contributed by atoms with Crippen molar-refractivity contribution >= 4 is 33.3 Å². The van der Waals surface area contributed by atoms with Gasteiger partial charge in [0.05, 0.1) is 5.39 Å². The molecule has 0 amide bonds. The Morgan fingerprint density at radius 1 is 1.10 bits per heavy atom. The maximum absolute atomic E-state index is 5.84. The van der Waals surface area contributed by atoms with Crippen LogP contribution in [0.25, 0.3) is 10.2 Å². The average Bonchev–Trinajstić information content (AvgIpc) is 2.94. The molecule has 3 aromatic rings. The van der Waals surface area contributed by atoms with E-state index < -0.39 is 0 Å². The highest BCUT2D eigenvalue weighted by Crippen LogP contribution is 2.31. The van der Waals surface area contributed by atoms with E-state index in [0.29, 0.717) is 5.95 Å². The minimum Gasteiger partial charge on any atom is -0.368 e. The van der Waals surface area contributed by atoms with Gasteiger partial charge in [-0.05, 0) is 29.0 Å². The Bertz CT molecular complexity index is 780. The van der Waals surface area contributed by atoms with Crippen molar-refractivity contribution in [3.05, 3.63) is 46.8 Å². The highest BCUT2D eigenvalue weighted by atomic mass is 32.1. The molecule has 3 heterocycles. The van der Waals surface area contributed by atoms with Crippen molar-refractivity contribution in [1.82, 2.24) is 9.97 Å². The zero-order valence-electron chi connectivity index (χ0n) is 10.9. The maximum atomic E-state index is 5.84. The SMILES string of the molecule is Nc1nc(N2CCc3ccccc3C2)c2ccsc2n1.